The Morgan fingerprint density at radius 1 is 0.780 bits per heavy atom. The van der Waals surface area contributed by atoms with E-state index in [0.717, 1.165) is 16.5 Å². The summed E-state index contributed by atoms with van der Waals surface area (Å²) in [5, 5.41) is 0.880. The lowest BCUT2D eigenvalue weighted by molar-refractivity contribution is -0.300. The summed E-state index contributed by atoms with van der Waals surface area (Å²) in [4.78, 5) is 65.1. The van der Waals surface area contributed by atoms with E-state index in [9.17, 15) is 24.0 Å². The molecule has 3 rings (SSSR count). The Kier molecular flexibility index (Phi) is 11.5. The van der Waals surface area contributed by atoms with E-state index < -0.39 is 67.2 Å². The number of benzene rings is 1. The van der Waals surface area contributed by atoms with Crippen LogP contribution < -0.4 is 0 Å². The summed E-state index contributed by atoms with van der Waals surface area (Å²) < 4.78 is 33.3. The van der Waals surface area contributed by atoms with Gasteiger partial charge in [0.05, 0.1) is 0 Å². The Labute approximate surface area is 237 Å². The number of carbonyl (C=O) groups excluding carboxylic acids is 5. The number of nitrogens with one attached hydrogen (secondary N) is 1. The fourth-order valence-corrected chi connectivity index (χ4v) is 4.04. The van der Waals surface area contributed by atoms with Gasteiger partial charge in [0.15, 0.2) is 12.2 Å². The lowest BCUT2D eigenvalue weighted by atomic mass is 9.98. The zero-order valence-corrected chi connectivity index (χ0v) is 23.5. The van der Waals surface area contributed by atoms with Crippen molar-refractivity contribution in [3.8, 4) is 0 Å². The first-order chi connectivity index (χ1) is 19.7. The van der Waals surface area contributed by atoms with Crippen molar-refractivity contribution in [2.24, 2.45) is 0 Å². The highest BCUT2D eigenvalue weighted by Gasteiger charge is 2.54. The molecule has 0 bridgehead atoms. The van der Waals surface area contributed by atoms with Crippen molar-refractivity contribution in [3.05, 3.63) is 42.1 Å². The average molecular weight is 574 g/mol. The van der Waals surface area contributed by atoms with E-state index in [4.69, 9.17) is 28.4 Å². The molecule has 41 heavy (non-hydrogen) atoms. The van der Waals surface area contributed by atoms with Gasteiger partial charge in [-0.1, -0.05) is 45.9 Å². The molecular formula is C29H35NO11. The van der Waals surface area contributed by atoms with Gasteiger partial charge in [0.2, 0.25) is 12.4 Å². The first-order valence-electron chi connectivity index (χ1n) is 13.5. The zero-order chi connectivity index (χ0) is 29.9. The van der Waals surface area contributed by atoms with Crippen molar-refractivity contribution in [1.29, 1.82) is 0 Å². The summed E-state index contributed by atoms with van der Waals surface area (Å²) in [6, 6.07) is 7.51. The number of fused-ring (bicyclic) bond motifs is 1. The van der Waals surface area contributed by atoms with E-state index in [1.54, 1.807) is 33.9 Å². The highest BCUT2D eigenvalue weighted by Crippen LogP contribution is 2.31. The average Bonchev–Trinajstić information content (AvgIpc) is 3.40. The van der Waals surface area contributed by atoms with Gasteiger partial charge in [-0.3, -0.25) is 19.2 Å². The van der Waals surface area contributed by atoms with Crippen LogP contribution in [0.2, 0.25) is 0 Å². The van der Waals surface area contributed by atoms with E-state index in [2.05, 4.69) is 4.98 Å². The van der Waals surface area contributed by atoms with Gasteiger partial charge in [-0.05, 0) is 12.1 Å². The monoisotopic (exact) mass is 573 g/mol. The molecule has 5 atom stereocenters. The lowest BCUT2D eigenvalue weighted by Gasteiger charge is -2.43. The number of hydrogen-bond acceptors (Lipinski definition) is 11. The number of ether oxygens (including phenoxy) is 6. The Bertz CT molecular complexity index is 1270. The van der Waals surface area contributed by atoms with Gasteiger partial charge < -0.3 is 33.4 Å². The van der Waals surface area contributed by atoms with Crippen molar-refractivity contribution in [2.45, 2.75) is 84.1 Å². The van der Waals surface area contributed by atoms with Crippen molar-refractivity contribution >= 4 is 46.8 Å². The molecule has 2 aromatic rings. The highest BCUT2D eigenvalue weighted by molar-refractivity contribution is 5.94. The van der Waals surface area contributed by atoms with Gasteiger partial charge in [0, 0.05) is 54.4 Å². The zero-order valence-electron chi connectivity index (χ0n) is 23.5. The van der Waals surface area contributed by atoms with Gasteiger partial charge in [-0.2, -0.15) is 0 Å². The van der Waals surface area contributed by atoms with E-state index >= 15 is 0 Å². The smallest absolute Gasteiger partial charge is 0.333 e. The van der Waals surface area contributed by atoms with Gasteiger partial charge in [-0.25, -0.2) is 4.79 Å². The SMILES string of the molecule is CCC(=O)OC[C@H]1O[C@@H](OC(=O)/C=C/c2c[nH]c3ccccc23)[C@H](OC(=O)CC)[C@@H](OC(=O)CC)[C@@H]1OC(=O)CC. The molecule has 0 unspecified atom stereocenters. The number of aromatic amines is 1. The third-order valence-corrected chi connectivity index (χ3v) is 6.21. The fourth-order valence-electron chi connectivity index (χ4n) is 4.04. The summed E-state index contributed by atoms with van der Waals surface area (Å²) in [6.45, 7) is 5.84. The van der Waals surface area contributed by atoms with Gasteiger partial charge >= 0.3 is 29.8 Å². The number of rotatable bonds is 12. The van der Waals surface area contributed by atoms with E-state index in [0.29, 0.717) is 0 Å². The second-order valence-corrected chi connectivity index (χ2v) is 9.06. The molecule has 0 radical (unpaired) electrons. The molecule has 12 nitrogen and oxygen atoms in total. The van der Waals surface area contributed by atoms with Crippen LogP contribution in [0.25, 0.3) is 17.0 Å². The number of aromatic nitrogens is 1. The van der Waals surface area contributed by atoms with E-state index in [1.165, 1.54) is 12.2 Å². The Morgan fingerprint density at radius 3 is 2.00 bits per heavy atom. The summed E-state index contributed by atoms with van der Waals surface area (Å²) in [7, 11) is 0. The molecule has 0 saturated carbocycles. The molecule has 0 amide bonds. The number of esters is 5. The van der Waals surface area contributed by atoms with Crippen molar-refractivity contribution in [3.63, 3.8) is 0 Å². The fraction of sp³-hybridized carbons (Fsp3) is 0.483. The maximum absolute atomic E-state index is 12.9. The molecule has 222 valence electrons. The topological polar surface area (TPSA) is 157 Å². The van der Waals surface area contributed by atoms with Crippen LogP contribution >= 0.6 is 0 Å². The molecule has 1 fully saturated rings. The van der Waals surface area contributed by atoms with Crippen LogP contribution in [-0.2, 0) is 52.4 Å². The largest absolute Gasteiger partial charge is 0.463 e. The van der Waals surface area contributed by atoms with Gasteiger partial charge in [-0.15, -0.1) is 0 Å². The standard InChI is InChI=1S/C29H35NO11/c1-5-21(31)36-16-20-26(38-22(32)6-2)27(39-23(33)7-3)28(40-24(34)8-4)29(37-20)41-25(35)14-13-17-15-30-19-12-10-9-11-18(17)19/h9-15,20,26-30H,5-8,16H2,1-4H3/b14-13+/t20-,26-,27+,28-,29+/m1/s1. The number of H-pyrrole nitrogens is 1. The summed E-state index contributed by atoms with van der Waals surface area (Å²) in [5.41, 5.74) is 1.60. The normalized spacial score (nSPS) is 22.2. The predicted octanol–water partition coefficient (Wildman–Crippen LogP) is 3.37. The molecule has 1 aromatic heterocycles. The van der Waals surface area contributed by atoms with Gasteiger partial charge in [0.25, 0.3) is 0 Å². The molecule has 1 saturated heterocycles. The van der Waals surface area contributed by atoms with Crippen LogP contribution in [0.4, 0.5) is 0 Å². The summed E-state index contributed by atoms with van der Waals surface area (Å²) in [6.07, 6.45) is -2.70. The molecule has 2 heterocycles. The quantitative estimate of drug-likeness (QED) is 0.226. The minimum Gasteiger partial charge on any atom is -0.463 e. The molecule has 1 aliphatic heterocycles. The first kappa shape index (κ1) is 31.3. The summed E-state index contributed by atoms with van der Waals surface area (Å²) in [5.74, 6) is -3.48. The van der Waals surface area contributed by atoms with Crippen LogP contribution in [0.3, 0.4) is 0 Å². The second kappa shape index (κ2) is 15.0. The molecule has 1 aromatic carbocycles. The van der Waals surface area contributed by atoms with Crippen LogP contribution in [0, 0.1) is 0 Å². The van der Waals surface area contributed by atoms with Gasteiger partial charge in [0.1, 0.15) is 12.7 Å². The van der Waals surface area contributed by atoms with Crippen LogP contribution in [0.5, 0.6) is 0 Å². The van der Waals surface area contributed by atoms with Crippen LogP contribution in [-0.4, -0.2) is 72.1 Å². The molecule has 1 aliphatic rings. The molecule has 1 N–H and O–H groups in total. The molecular weight excluding hydrogens is 538 g/mol. The Balaban J connectivity index is 1.94. The minimum atomic E-state index is -1.60. The summed E-state index contributed by atoms with van der Waals surface area (Å²) >= 11 is 0. The number of carbonyl (C=O) groups is 5. The van der Waals surface area contributed by atoms with E-state index in [-0.39, 0.29) is 25.7 Å². The minimum absolute atomic E-state index is 0.0249. The van der Waals surface area contributed by atoms with Crippen LogP contribution in [0.1, 0.15) is 58.9 Å². The third kappa shape index (κ3) is 8.40. The molecule has 0 aliphatic carbocycles. The van der Waals surface area contributed by atoms with Crippen LogP contribution in [0.15, 0.2) is 36.5 Å². The second-order valence-electron chi connectivity index (χ2n) is 9.06. The number of hydrogen-bond donors (Lipinski definition) is 1. The third-order valence-electron chi connectivity index (χ3n) is 6.21. The molecule has 0 spiro atoms. The van der Waals surface area contributed by atoms with Crippen molar-refractivity contribution < 1.29 is 52.4 Å². The van der Waals surface area contributed by atoms with Crippen molar-refractivity contribution in [2.75, 3.05) is 6.61 Å². The maximum Gasteiger partial charge on any atom is 0.333 e. The van der Waals surface area contributed by atoms with E-state index in [1.807, 2.05) is 24.3 Å². The first-order valence-corrected chi connectivity index (χ1v) is 13.5. The molecule has 12 heteroatoms. The predicted molar refractivity (Wildman–Crippen MR) is 144 cm³/mol. The number of para-hydroxylation sites is 1. The van der Waals surface area contributed by atoms with Crippen molar-refractivity contribution in [1.82, 2.24) is 4.98 Å². The Hall–Kier alpha value is -4.19. The maximum atomic E-state index is 12.9. The lowest BCUT2D eigenvalue weighted by Crippen LogP contribution is -2.63. The Morgan fingerprint density at radius 2 is 1.37 bits per heavy atom. The highest BCUT2D eigenvalue weighted by atomic mass is 16.7.